The van der Waals surface area contributed by atoms with Crippen molar-refractivity contribution in [2.24, 2.45) is 7.05 Å². The summed E-state index contributed by atoms with van der Waals surface area (Å²) in [6.07, 6.45) is 0. The quantitative estimate of drug-likeness (QED) is 0.684. The minimum atomic E-state index is -0.217. The summed E-state index contributed by atoms with van der Waals surface area (Å²) in [5.41, 5.74) is 4.58. The Morgan fingerprint density at radius 3 is 2.62 bits per heavy atom. The van der Waals surface area contributed by atoms with Crippen LogP contribution in [0.2, 0.25) is 0 Å². The van der Waals surface area contributed by atoms with Gasteiger partial charge in [-0.3, -0.25) is 9.59 Å². The van der Waals surface area contributed by atoms with E-state index < -0.39 is 0 Å². The van der Waals surface area contributed by atoms with E-state index in [0.29, 0.717) is 11.3 Å². The topological polar surface area (TPSA) is 66.9 Å². The van der Waals surface area contributed by atoms with E-state index in [0.717, 1.165) is 27.0 Å². The fourth-order valence-corrected chi connectivity index (χ4v) is 3.53. The molecule has 0 radical (unpaired) electrons. The van der Waals surface area contributed by atoms with Crippen molar-refractivity contribution in [3.63, 3.8) is 0 Å². The average molecular weight is 414 g/mol. The van der Waals surface area contributed by atoms with Gasteiger partial charge in [0.25, 0.3) is 11.5 Å². The summed E-state index contributed by atoms with van der Waals surface area (Å²) >= 11 is 3.54. The minimum absolute atomic E-state index is 0.163. The molecule has 6 heteroatoms. The second-order valence-corrected chi connectivity index (χ2v) is 7.12. The van der Waals surface area contributed by atoms with Gasteiger partial charge < -0.3 is 14.9 Å². The molecule has 0 bridgehead atoms. The molecule has 0 aliphatic carbocycles. The fourth-order valence-electron chi connectivity index (χ4n) is 3.04. The van der Waals surface area contributed by atoms with E-state index in [9.17, 15) is 9.59 Å². The van der Waals surface area contributed by atoms with Gasteiger partial charge in [0.15, 0.2) is 0 Å². The number of aromatic amines is 1. The first-order valence-electron chi connectivity index (χ1n) is 8.26. The van der Waals surface area contributed by atoms with Crippen molar-refractivity contribution >= 4 is 21.8 Å². The molecule has 0 fully saturated rings. The molecule has 0 saturated heterocycles. The maximum Gasteiger partial charge on any atom is 0.268 e. The van der Waals surface area contributed by atoms with Gasteiger partial charge in [-0.25, -0.2) is 0 Å². The molecule has 3 rings (SSSR count). The molecule has 0 spiro atoms. The third-order valence-corrected chi connectivity index (χ3v) is 5.12. The molecule has 1 amide bonds. The Kier molecular flexibility index (Phi) is 5.13. The van der Waals surface area contributed by atoms with E-state index >= 15 is 0 Å². The molecule has 0 saturated carbocycles. The van der Waals surface area contributed by atoms with Crippen LogP contribution in [-0.4, -0.2) is 15.5 Å². The lowest BCUT2D eigenvalue weighted by Gasteiger charge is -2.11. The van der Waals surface area contributed by atoms with Crippen LogP contribution in [0, 0.1) is 13.8 Å². The lowest BCUT2D eigenvalue weighted by atomic mass is 10.1. The van der Waals surface area contributed by atoms with Crippen molar-refractivity contribution in [3.8, 4) is 11.3 Å². The van der Waals surface area contributed by atoms with Crippen LogP contribution in [0.15, 0.2) is 51.7 Å². The highest BCUT2D eigenvalue weighted by Crippen LogP contribution is 2.29. The zero-order chi connectivity index (χ0) is 18.8. The molecule has 134 valence electrons. The zero-order valence-electron chi connectivity index (χ0n) is 14.9. The van der Waals surface area contributed by atoms with Crippen molar-refractivity contribution in [3.05, 3.63) is 79.8 Å². The standard InChI is InChI=1S/C20H20BrN3O2/c1-12-10-13(2)23-19(25)15(12)11-22-20(26)18-9-8-17(24(18)3)14-6-4-5-7-16(14)21/h4-10H,11H2,1-3H3,(H,22,26)(H,23,25). The van der Waals surface area contributed by atoms with Crippen molar-refractivity contribution < 1.29 is 4.79 Å². The minimum Gasteiger partial charge on any atom is -0.346 e. The largest absolute Gasteiger partial charge is 0.346 e. The Bertz CT molecular complexity index is 1030. The maximum absolute atomic E-state index is 12.6. The number of rotatable bonds is 4. The molecule has 0 aliphatic heterocycles. The van der Waals surface area contributed by atoms with E-state index in [1.165, 1.54) is 0 Å². The number of hydrogen-bond acceptors (Lipinski definition) is 2. The molecule has 2 heterocycles. The molecule has 0 unspecified atom stereocenters. The van der Waals surface area contributed by atoms with Crippen LogP contribution < -0.4 is 10.9 Å². The van der Waals surface area contributed by atoms with Crippen LogP contribution in [0.3, 0.4) is 0 Å². The summed E-state index contributed by atoms with van der Waals surface area (Å²) in [5, 5.41) is 2.85. The molecule has 2 N–H and O–H groups in total. The SMILES string of the molecule is Cc1cc(C)c(CNC(=O)c2ccc(-c3ccccc3Br)n2C)c(=O)[nH]1. The molecule has 1 aromatic carbocycles. The molecule has 2 aromatic heterocycles. The van der Waals surface area contributed by atoms with E-state index in [1.54, 1.807) is 6.07 Å². The third kappa shape index (κ3) is 3.51. The lowest BCUT2D eigenvalue weighted by molar-refractivity contribution is 0.0943. The zero-order valence-corrected chi connectivity index (χ0v) is 16.5. The normalized spacial score (nSPS) is 10.8. The fraction of sp³-hybridized carbons (Fsp3) is 0.200. The van der Waals surface area contributed by atoms with Crippen molar-refractivity contribution in [1.29, 1.82) is 0 Å². The van der Waals surface area contributed by atoms with Gasteiger partial charge in [0.1, 0.15) is 5.69 Å². The van der Waals surface area contributed by atoms with Crippen LogP contribution in [0.1, 0.15) is 27.3 Å². The molecular formula is C20H20BrN3O2. The van der Waals surface area contributed by atoms with Gasteiger partial charge >= 0.3 is 0 Å². The van der Waals surface area contributed by atoms with Gasteiger partial charge in [0.05, 0.1) is 0 Å². The van der Waals surface area contributed by atoms with Crippen molar-refractivity contribution in [2.75, 3.05) is 0 Å². The number of H-pyrrole nitrogens is 1. The van der Waals surface area contributed by atoms with Crippen molar-refractivity contribution in [2.45, 2.75) is 20.4 Å². The van der Waals surface area contributed by atoms with E-state index in [4.69, 9.17) is 0 Å². The number of nitrogens with zero attached hydrogens (tertiary/aromatic N) is 1. The Labute approximate surface area is 160 Å². The molecule has 0 aliphatic rings. The first kappa shape index (κ1) is 18.2. The summed E-state index contributed by atoms with van der Waals surface area (Å²) in [4.78, 5) is 27.5. The summed E-state index contributed by atoms with van der Waals surface area (Å²) in [6.45, 7) is 3.90. The summed E-state index contributed by atoms with van der Waals surface area (Å²) in [6, 6.07) is 13.5. The number of pyridine rings is 1. The Morgan fingerprint density at radius 1 is 1.19 bits per heavy atom. The predicted molar refractivity (Wildman–Crippen MR) is 106 cm³/mol. The van der Waals surface area contributed by atoms with Gasteiger partial charge in [0.2, 0.25) is 0 Å². The number of aromatic nitrogens is 2. The molecule has 26 heavy (non-hydrogen) atoms. The highest BCUT2D eigenvalue weighted by atomic mass is 79.9. The molecular weight excluding hydrogens is 394 g/mol. The van der Waals surface area contributed by atoms with Crippen molar-refractivity contribution in [1.82, 2.24) is 14.9 Å². The smallest absolute Gasteiger partial charge is 0.268 e. The van der Waals surface area contributed by atoms with Gasteiger partial charge in [0, 0.05) is 40.6 Å². The second kappa shape index (κ2) is 7.33. The number of amides is 1. The first-order valence-corrected chi connectivity index (χ1v) is 9.06. The van der Waals surface area contributed by atoms with Gasteiger partial charge in [-0.2, -0.15) is 0 Å². The average Bonchev–Trinajstić information content (AvgIpc) is 2.95. The van der Waals surface area contributed by atoms with Crippen LogP contribution >= 0.6 is 15.9 Å². The van der Waals surface area contributed by atoms with Gasteiger partial charge in [-0.05, 0) is 43.7 Å². The van der Waals surface area contributed by atoms with E-state index in [-0.39, 0.29) is 18.0 Å². The lowest BCUT2D eigenvalue weighted by Crippen LogP contribution is -2.29. The number of aryl methyl sites for hydroxylation is 2. The number of hydrogen-bond donors (Lipinski definition) is 2. The van der Waals surface area contributed by atoms with Gasteiger partial charge in [-0.1, -0.05) is 34.1 Å². The Balaban J connectivity index is 1.82. The summed E-state index contributed by atoms with van der Waals surface area (Å²) in [7, 11) is 1.85. The molecule has 5 nitrogen and oxygen atoms in total. The van der Waals surface area contributed by atoms with Crippen LogP contribution in [0.25, 0.3) is 11.3 Å². The number of nitrogens with one attached hydrogen (secondary N) is 2. The number of carbonyl (C=O) groups excluding carboxylic acids is 1. The highest BCUT2D eigenvalue weighted by molar-refractivity contribution is 9.10. The van der Waals surface area contributed by atoms with Crippen LogP contribution in [-0.2, 0) is 13.6 Å². The Morgan fingerprint density at radius 2 is 1.92 bits per heavy atom. The van der Waals surface area contributed by atoms with E-state index in [2.05, 4.69) is 26.2 Å². The number of halogens is 1. The third-order valence-electron chi connectivity index (χ3n) is 4.42. The van der Waals surface area contributed by atoms with Crippen LogP contribution in [0.4, 0.5) is 0 Å². The molecule has 0 atom stereocenters. The predicted octanol–water partition coefficient (Wildman–Crippen LogP) is 3.69. The summed E-state index contributed by atoms with van der Waals surface area (Å²) in [5.74, 6) is -0.217. The van der Waals surface area contributed by atoms with Crippen LogP contribution in [0.5, 0.6) is 0 Å². The maximum atomic E-state index is 12.6. The molecule has 3 aromatic rings. The van der Waals surface area contributed by atoms with E-state index in [1.807, 2.05) is 61.9 Å². The second-order valence-electron chi connectivity index (χ2n) is 6.27. The summed E-state index contributed by atoms with van der Waals surface area (Å²) < 4.78 is 2.82. The Hall–Kier alpha value is -2.60. The number of carbonyl (C=O) groups is 1. The number of benzene rings is 1. The first-order chi connectivity index (χ1) is 12.4. The van der Waals surface area contributed by atoms with Gasteiger partial charge in [-0.15, -0.1) is 0 Å². The monoisotopic (exact) mass is 413 g/mol. The highest BCUT2D eigenvalue weighted by Gasteiger charge is 2.15.